The maximum atomic E-state index is 5.66. The molecule has 108 valence electrons. The third kappa shape index (κ3) is 5.93. The summed E-state index contributed by atoms with van der Waals surface area (Å²) in [4.78, 5) is 0. The first-order valence-corrected chi connectivity index (χ1v) is 7.64. The standard InChI is InChI=1S/C15H24BrNO2/c1-4-8-19-11-13(17-5-2)9-12-10-14(18-3)6-7-15(12)16/h6-7,10,13,17H,4-5,8-9,11H2,1-3H3. The maximum absolute atomic E-state index is 5.66. The quantitative estimate of drug-likeness (QED) is 0.704. The van der Waals surface area contributed by atoms with Gasteiger partial charge in [-0.3, -0.25) is 0 Å². The van der Waals surface area contributed by atoms with Gasteiger partial charge < -0.3 is 14.8 Å². The minimum Gasteiger partial charge on any atom is -0.497 e. The molecule has 0 saturated carbocycles. The van der Waals surface area contributed by atoms with Gasteiger partial charge in [0.05, 0.1) is 13.7 Å². The first kappa shape index (κ1) is 16.5. The predicted octanol–water partition coefficient (Wildman–Crippen LogP) is 3.40. The van der Waals surface area contributed by atoms with Gasteiger partial charge in [0, 0.05) is 17.1 Å². The molecule has 0 aromatic heterocycles. The highest BCUT2D eigenvalue weighted by Crippen LogP contribution is 2.23. The molecule has 0 fully saturated rings. The first-order chi connectivity index (χ1) is 9.21. The number of ether oxygens (including phenoxy) is 2. The highest BCUT2D eigenvalue weighted by atomic mass is 79.9. The zero-order chi connectivity index (χ0) is 14.1. The molecular weight excluding hydrogens is 306 g/mol. The van der Waals surface area contributed by atoms with Crippen LogP contribution in [0.1, 0.15) is 25.8 Å². The van der Waals surface area contributed by atoms with Gasteiger partial charge >= 0.3 is 0 Å². The number of rotatable bonds is 9. The van der Waals surface area contributed by atoms with Crippen LogP contribution in [-0.2, 0) is 11.2 Å². The summed E-state index contributed by atoms with van der Waals surface area (Å²) in [5.74, 6) is 0.892. The average Bonchev–Trinajstić information content (AvgIpc) is 2.41. The van der Waals surface area contributed by atoms with Gasteiger partial charge in [0.1, 0.15) is 5.75 Å². The molecule has 1 rings (SSSR count). The van der Waals surface area contributed by atoms with Crippen LogP contribution in [0, 0.1) is 0 Å². The van der Waals surface area contributed by atoms with Crippen molar-refractivity contribution in [3.8, 4) is 5.75 Å². The lowest BCUT2D eigenvalue weighted by molar-refractivity contribution is 0.112. The van der Waals surface area contributed by atoms with Crippen molar-refractivity contribution in [2.45, 2.75) is 32.7 Å². The van der Waals surface area contributed by atoms with Crippen molar-refractivity contribution in [2.24, 2.45) is 0 Å². The van der Waals surface area contributed by atoms with E-state index in [1.165, 1.54) is 5.56 Å². The summed E-state index contributed by atoms with van der Waals surface area (Å²) in [6.07, 6.45) is 1.98. The number of methoxy groups -OCH3 is 1. The van der Waals surface area contributed by atoms with E-state index in [1.54, 1.807) is 7.11 Å². The Morgan fingerprint density at radius 3 is 2.74 bits per heavy atom. The van der Waals surface area contributed by atoms with E-state index in [9.17, 15) is 0 Å². The van der Waals surface area contributed by atoms with E-state index in [1.807, 2.05) is 12.1 Å². The van der Waals surface area contributed by atoms with Crippen LogP contribution in [0.25, 0.3) is 0 Å². The minimum atomic E-state index is 0.333. The molecule has 1 atom stereocenters. The van der Waals surface area contributed by atoms with E-state index in [0.717, 1.165) is 42.8 Å². The molecule has 3 nitrogen and oxygen atoms in total. The molecule has 19 heavy (non-hydrogen) atoms. The molecule has 0 spiro atoms. The summed E-state index contributed by atoms with van der Waals surface area (Å²) >= 11 is 3.60. The zero-order valence-corrected chi connectivity index (χ0v) is 13.6. The number of likely N-dealkylation sites (N-methyl/N-ethyl adjacent to an activating group) is 1. The van der Waals surface area contributed by atoms with Gasteiger partial charge in [0.2, 0.25) is 0 Å². The molecule has 0 bridgehead atoms. The Balaban J connectivity index is 2.66. The summed E-state index contributed by atoms with van der Waals surface area (Å²) in [5.41, 5.74) is 1.24. The third-order valence-electron chi connectivity index (χ3n) is 2.88. The van der Waals surface area contributed by atoms with Gasteiger partial charge in [-0.2, -0.15) is 0 Å². The average molecular weight is 330 g/mol. The Hall–Kier alpha value is -0.580. The highest BCUT2D eigenvalue weighted by Gasteiger charge is 2.11. The molecule has 0 saturated heterocycles. The Kier molecular flexibility index (Phi) is 8.10. The lowest BCUT2D eigenvalue weighted by Gasteiger charge is -2.19. The summed E-state index contributed by atoms with van der Waals surface area (Å²) in [6.45, 7) is 6.75. The van der Waals surface area contributed by atoms with Gasteiger partial charge in [-0.1, -0.05) is 29.8 Å². The molecule has 0 heterocycles. The van der Waals surface area contributed by atoms with E-state index in [2.05, 4.69) is 41.2 Å². The van der Waals surface area contributed by atoms with Gasteiger partial charge in [0.25, 0.3) is 0 Å². The van der Waals surface area contributed by atoms with E-state index in [-0.39, 0.29) is 0 Å². The highest BCUT2D eigenvalue weighted by molar-refractivity contribution is 9.10. The van der Waals surface area contributed by atoms with Gasteiger partial charge in [-0.15, -0.1) is 0 Å². The van der Waals surface area contributed by atoms with Crippen molar-refractivity contribution in [1.82, 2.24) is 5.32 Å². The molecule has 0 radical (unpaired) electrons. The molecule has 0 aliphatic heterocycles. The molecule has 1 unspecified atom stereocenters. The van der Waals surface area contributed by atoms with Crippen molar-refractivity contribution in [2.75, 3.05) is 26.9 Å². The second kappa shape index (κ2) is 9.34. The van der Waals surface area contributed by atoms with Gasteiger partial charge in [0.15, 0.2) is 0 Å². The molecule has 1 aromatic carbocycles. The number of nitrogens with one attached hydrogen (secondary N) is 1. The van der Waals surface area contributed by atoms with Crippen LogP contribution >= 0.6 is 15.9 Å². The summed E-state index contributed by atoms with van der Waals surface area (Å²) in [5, 5.41) is 3.47. The number of hydrogen-bond acceptors (Lipinski definition) is 3. The zero-order valence-electron chi connectivity index (χ0n) is 12.0. The van der Waals surface area contributed by atoms with Crippen molar-refractivity contribution in [3.63, 3.8) is 0 Å². The van der Waals surface area contributed by atoms with Crippen LogP contribution in [0.4, 0.5) is 0 Å². The predicted molar refractivity (Wildman–Crippen MR) is 83.0 cm³/mol. The number of hydrogen-bond donors (Lipinski definition) is 1. The molecule has 0 aliphatic rings. The SMILES string of the molecule is CCCOCC(Cc1cc(OC)ccc1Br)NCC. The fraction of sp³-hybridized carbons (Fsp3) is 0.600. The normalized spacial score (nSPS) is 12.4. The Morgan fingerprint density at radius 2 is 2.11 bits per heavy atom. The number of benzene rings is 1. The molecular formula is C15H24BrNO2. The summed E-state index contributed by atoms with van der Waals surface area (Å²) in [6, 6.07) is 6.40. The largest absolute Gasteiger partial charge is 0.497 e. The first-order valence-electron chi connectivity index (χ1n) is 6.84. The van der Waals surface area contributed by atoms with E-state index < -0.39 is 0 Å². The Bertz CT molecular complexity index is 371. The molecule has 0 aliphatic carbocycles. The van der Waals surface area contributed by atoms with E-state index in [4.69, 9.17) is 9.47 Å². The van der Waals surface area contributed by atoms with Gasteiger partial charge in [-0.05, 0) is 43.1 Å². The lowest BCUT2D eigenvalue weighted by atomic mass is 10.1. The monoisotopic (exact) mass is 329 g/mol. The van der Waals surface area contributed by atoms with E-state index >= 15 is 0 Å². The molecule has 1 N–H and O–H groups in total. The topological polar surface area (TPSA) is 30.5 Å². The van der Waals surface area contributed by atoms with Crippen molar-refractivity contribution in [3.05, 3.63) is 28.2 Å². The molecule has 1 aromatic rings. The summed E-state index contributed by atoms with van der Waals surface area (Å²) in [7, 11) is 1.69. The lowest BCUT2D eigenvalue weighted by Crippen LogP contribution is -2.35. The fourth-order valence-electron chi connectivity index (χ4n) is 1.95. The Morgan fingerprint density at radius 1 is 1.32 bits per heavy atom. The maximum Gasteiger partial charge on any atom is 0.119 e. The van der Waals surface area contributed by atoms with Crippen molar-refractivity contribution < 1.29 is 9.47 Å². The summed E-state index contributed by atoms with van der Waals surface area (Å²) < 4.78 is 12.1. The molecule has 4 heteroatoms. The van der Waals surface area contributed by atoms with Crippen LogP contribution in [0.5, 0.6) is 5.75 Å². The third-order valence-corrected chi connectivity index (χ3v) is 3.65. The van der Waals surface area contributed by atoms with Crippen LogP contribution in [0.2, 0.25) is 0 Å². The van der Waals surface area contributed by atoms with Crippen LogP contribution < -0.4 is 10.1 Å². The number of halogens is 1. The molecule has 0 amide bonds. The van der Waals surface area contributed by atoms with Crippen molar-refractivity contribution >= 4 is 15.9 Å². The van der Waals surface area contributed by atoms with Gasteiger partial charge in [-0.25, -0.2) is 0 Å². The smallest absolute Gasteiger partial charge is 0.119 e. The second-order valence-corrected chi connectivity index (χ2v) is 5.35. The van der Waals surface area contributed by atoms with E-state index in [0.29, 0.717) is 6.04 Å². The van der Waals surface area contributed by atoms with Crippen molar-refractivity contribution in [1.29, 1.82) is 0 Å². The second-order valence-electron chi connectivity index (χ2n) is 4.49. The van der Waals surface area contributed by atoms with Crippen LogP contribution in [0.15, 0.2) is 22.7 Å². The van der Waals surface area contributed by atoms with Crippen LogP contribution in [-0.4, -0.2) is 32.9 Å². The van der Waals surface area contributed by atoms with Crippen LogP contribution in [0.3, 0.4) is 0 Å². The minimum absolute atomic E-state index is 0.333. The fourth-order valence-corrected chi connectivity index (χ4v) is 2.36. The Labute approximate surface area is 124 Å².